The number of H-pyrrole nitrogens is 1. The third-order valence-electron chi connectivity index (χ3n) is 4.07. The third-order valence-corrected chi connectivity index (χ3v) is 4.07. The van der Waals surface area contributed by atoms with Gasteiger partial charge in [-0.25, -0.2) is 0 Å². The van der Waals surface area contributed by atoms with Gasteiger partial charge < -0.3 is 19.8 Å². The molecule has 5 heteroatoms. The lowest BCUT2D eigenvalue weighted by Crippen LogP contribution is -2.30. The molecule has 2 unspecified atom stereocenters. The molecule has 1 aromatic heterocycles. The summed E-state index contributed by atoms with van der Waals surface area (Å²) in [5.74, 6) is -0.133. The highest BCUT2D eigenvalue weighted by molar-refractivity contribution is 6.04. The smallest absolute Gasteiger partial charge is 0.253 e. The van der Waals surface area contributed by atoms with Gasteiger partial charge in [0.15, 0.2) is 0 Å². The summed E-state index contributed by atoms with van der Waals surface area (Å²) >= 11 is 0. The average molecular weight is 302 g/mol. The fourth-order valence-corrected chi connectivity index (χ4v) is 2.77. The molecule has 0 aliphatic carbocycles. The molecule has 2 N–H and O–H groups in total. The number of carbonyl (C=O) groups is 1. The third kappa shape index (κ3) is 3.15. The van der Waals surface area contributed by atoms with Gasteiger partial charge in [-0.05, 0) is 32.8 Å². The van der Waals surface area contributed by atoms with Gasteiger partial charge in [0.2, 0.25) is 0 Å². The Morgan fingerprint density at radius 3 is 3.09 bits per heavy atom. The minimum atomic E-state index is -0.503. The van der Waals surface area contributed by atoms with E-state index in [9.17, 15) is 4.79 Å². The van der Waals surface area contributed by atoms with Gasteiger partial charge in [-0.2, -0.15) is 0 Å². The van der Waals surface area contributed by atoms with Gasteiger partial charge in [0.05, 0.1) is 18.4 Å². The van der Waals surface area contributed by atoms with Crippen molar-refractivity contribution in [2.24, 2.45) is 0 Å². The van der Waals surface area contributed by atoms with Crippen LogP contribution < -0.4 is 5.32 Å². The summed E-state index contributed by atoms with van der Waals surface area (Å²) in [6, 6.07) is 7.92. The molecular formula is C17H22N2O3. The Bertz CT molecular complexity index is 659. The number of aryl methyl sites for hydroxylation is 1. The molecule has 2 atom stereocenters. The van der Waals surface area contributed by atoms with Crippen molar-refractivity contribution in [1.82, 2.24) is 4.98 Å². The summed E-state index contributed by atoms with van der Waals surface area (Å²) in [7, 11) is 0. The lowest BCUT2D eigenvalue weighted by molar-refractivity contribution is -0.128. The number of ether oxygens (including phenoxy) is 2. The summed E-state index contributed by atoms with van der Waals surface area (Å²) in [4.78, 5) is 15.6. The number of nitrogens with one attached hydrogen (secondary N) is 2. The van der Waals surface area contributed by atoms with Crippen LogP contribution in [0.5, 0.6) is 0 Å². The number of rotatable bonds is 5. The molecule has 1 aliphatic heterocycles. The molecule has 1 saturated heterocycles. The number of amides is 1. The lowest BCUT2D eigenvalue weighted by atomic mass is 10.2. The zero-order valence-electron chi connectivity index (χ0n) is 13.0. The van der Waals surface area contributed by atoms with Gasteiger partial charge in [0.25, 0.3) is 5.91 Å². The highest BCUT2D eigenvalue weighted by Crippen LogP contribution is 2.27. The van der Waals surface area contributed by atoms with Crippen molar-refractivity contribution in [1.29, 1.82) is 0 Å². The number of para-hydroxylation sites is 1. The van der Waals surface area contributed by atoms with Crippen LogP contribution in [0, 0.1) is 6.92 Å². The van der Waals surface area contributed by atoms with Crippen LogP contribution in [0.2, 0.25) is 0 Å². The van der Waals surface area contributed by atoms with E-state index < -0.39 is 6.10 Å². The zero-order chi connectivity index (χ0) is 15.5. The maximum atomic E-state index is 12.3. The predicted octanol–water partition coefficient (Wildman–Crippen LogP) is 3.00. The number of hydrogen-bond acceptors (Lipinski definition) is 3. The van der Waals surface area contributed by atoms with Crippen molar-refractivity contribution in [3.05, 3.63) is 30.0 Å². The fourth-order valence-electron chi connectivity index (χ4n) is 2.77. The van der Waals surface area contributed by atoms with E-state index in [1.165, 1.54) is 0 Å². The van der Waals surface area contributed by atoms with E-state index in [-0.39, 0.29) is 12.0 Å². The standard InChI is InChI=1S/C17H22N2O3/c1-11-16(14-7-3-4-8-15(14)18-11)19-17(20)12(2)22-10-13-6-5-9-21-13/h3-4,7-8,12-13,18H,5-6,9-10H2,1-2H3,(H,19,20). The van der Waals surface area contributed by atoms with E-state index in [1.54, 1.807) is 6.92 Å². The largest absolute Gasteiger partial charge is 0.376 e. The molecule has 1 aromatic carbocycles. The molecule has 2 heterocycles. The number of carbonyl (C=O) groups excluding carboxylic acids is 1. The lowest BCUT2D eigenvalue weighted by Gasteiger charge is -2.16. The number of fused-ring (bicyclic) bond motifs is 1. The minimum Gasteiger partial charge on any atom is -0.376 e. The van der Waals surface area contributed by atoms with Gasteiger partial charge in [0, 0.05) is 23.2 Å². The van der Waals surface area contributed by atoms with E-state index >= 15 is 0 Å². The Morgan fingerprint density at radius 2 is 2.32 bits per heavy atom. The molecule has 0 saturated carbocycles. The average Bonchev–Trinajstić information content (AvgIpc) is 3.13. The second kappa shape index (κ2) is 6.50. The van der Waals surface area contributed by atoms with Crippen LogP contribution in [0.15, 0.2) is 24.3 Å². The number of aromatic nitrogens is 1. The molecule has 0 bridgehead atoms. The number of benzene rings is 1. The first-order chi connectivity index (χ1) is 10.6. The van der Waals surface area contributed by atoms with E-state index in [0.29, 0.717) is 6.61 Å². The summed E-state index contributed by atoms with van der Waals surface area (Å²) in [6.45, 7) is 4.99. The Hall–Kier alpha value is -1.85. The van der Waals surface area contributed by atoms with Gasteiger partial charge in [-0.15, -0.1) is 0 Å². The van der Waals surface area contributed by atoms with Crippen LogP contribution in [0.3, 0.4) is 0 Å². The summed E-state index contributed by atoms with van der Waals surface area (Å²) in [5.41, 5.74) is 2.79. The van der Waals surface area contributed by atoms with Gasteiger partial charge in [-0.1, -0.05) is 18.2 Å². The Morgan fingerprint density at radius 1 is 1.50 bits per heavy atom. The minimum absolute atomic E-state index is 0.130. The molecule has 0 radical (unpaired) electrons. The molecule has 118 valence electrons. The first-order valence-corrected chi connectivity index (χ1v) is 7.76. The molecule has 1 amide bonds. The quantitative estimate of drug-likeness (QED) is 0.892. The second-order valence-electron chi connectivity index (χ2n) is 5.77. The highest BCUT2D eigenvalue weighted by atomic mass is 16.5. The van der Waals surface area contributed by atoms with Gasteiger partial charge in [-0.3, -0.25) is 4.79 Å². The van der Waals surface area contributed by atoms with Crippen LogP contribution in [0.1, 0.15) is 25.5 Å². The Balaban J connectivity index is 1.63. The molecule has 5 nitrogen and oxygen atoms in total. The molecule has 1 aliphatic rings. The topological polar surface area (TPSA) is 63.4 Å². The van der Waals surface area contributed by atoms with Crippen molar-refractivity contribution in [3.63, 3.8) is 0 Å². The normalized spacial score (nSPS) is 19.5. The molecular weight excluding hydrogens is 280 g/mol. The molecule has 1 fully saturated rings. The fraction of sp³-hybridized carbons (Fsp3) is 0.471. The first kappa shape index (κ1) is 15.1. The summed E-state index contributed by atoms with van der Waals surface area (Å²) < 4.78 is 11.1. The number of hydrogen-bond donors (Lipinski definition) is 2. The van der Waals surface area contributed by atoms with E-state index in [4.69, 9.17) is 9.47 Å². The summed E-state index contributed by atoms with van der Waals surface area (Å²) in [5, 5.41) is 3.99. The Kier molecular flexibility index (Phi) is 4.45. The van der Waals surface area contributed by atoms with E-state index in [0.717, 1.165) is 41.7 Å². The second-order valence-corrected chi connectivity index (χ2v) is 5.77. The van der Waals surface area contributed by atoms with Crippen molar-refractivity contribution in [3.8, 4) is 0 Å². The van der Waals surface area contributed by atoms with Crippen LogP contribution in [0.4, 0.5) is 5.69 Å². The molecule has 22 heavy (non-hydrogen) atoms. The Labute approximate surface area is 130 Å². The van der Waals surface area contributed by atoms with E-state index in [2.05, 4.69) is 10.3 Å². The first-order valence-electron chi connectivity index (χ1n) is 7.76. The molecule has 0 spiro atoms. The van der Waals surface area contributed by atoms with Gasteiger partial charge in [0.1, 0.15) is 6.10 Å². The van der Waals surface area contributed by atoms with E-state index in [1.807, 2.05) is 31.2 Å². The zero-order valence-corrected chi connectivity index (χ0v) is 13.0. The van der Waals surface area contributed by atoms with Crippen molar-refractivity contribution >= 4 is 22.5 Å². The van der Waals surface area contributed by atoms with Crippen molar-refractivity contribution in [2.75, 3.05) is 18.5 Å². The highest BCUT2D eigenvalue weighted by Gasteiger charge is 2.21. The van der Waals surface area contributed by atoms with Crippen LogP contribution in [-0.4, -0.2) is 36.3 Å². The van der Waals surface area contributed by atoms with Crippen molar-refractivity contribution in [2.45, 2.75) is 38.9 Å². The summed E-state index contributed by atoms with van der Waals surface area (Å²) in [6.07, 6.45) is 1.71. The van der Waals surface area contributed by atoms with Crippen LogP contribution >= 0.6 is 0 Å². The number of aromatic amines is 1. The predicted molar refractivity (Wildman–Crippen MR) is 86.1 cm³/mol. The van der Waals surface area contributed by atoms with Crippen LogP contribution in [0.25, 0.3) is 10.9 Å². The monoisotopic (exact) mass is 302 g/mol. The molecule has 2 aromatic rings. The van der Waals surface area contributed by atoms with Crippen molar-refractivity contribution < 1.29 is 14.3 Å². The van der Waals surface area contributed by atoms with Crippen LogP contribution in [-0.2, 0) is 14.3 Å². The SMILES string of the molecule is Cc1[nH]c2ccccc2c1NC(=O)C(C)OCC1CCCO1. The van der Waals surface area contributed by atoms with Gasteiger partial charge >= 0.3 is 0 Å². The maximum absolute atomic E-state index is 12.3. The number of anilines is 1. The maximum Gasteiger partial charge on any atom is 0.253 e. The molecule has 3 rings (SSSR count).